The van der Waals surface area contributed by atoms with Crippen LogP contribution in [0.25, 0.3) is 0 Å². The van der Waals surface area contributed by atoms with E-state index in [1.165, 1.54) is 0 Å². The molecule has 4 nitrogen and oxygen atoms in total. The van der Waals surface area contributed by atoms with Gasteiger partial charge in [-0.15, -0.1) is 0 Å². The average molecular weight is 264 g/mol. The van der Waals surface area contributed by atoms with Gasteiger partial charge in [0.05, 0.1) is 10.9 Å². The van der Waals surface area contributed by atoms with Gasteiger partial charge in [-0.2, -0.15) is 0 Å². The number of carbonyl (C=O) groups excluding carboxylic acids is 1. The average Bonchev–Trinajstić information content (AvgIpc) is 2.11. The molecular formula is C10H20N2O2S2. The molecule has 0 bridgehead atoms. The van der Waals surface area contributed by atoms with Crippen molar-refractivity contribution in [2.75, 3.05) is 12.0 Å². The molecule has 0 rings (SSSR count). The number of hydrogen-bond donors (Lipinski definition) is 2. The van der Waals surface area contributed by atoms with Gasteiger partial charge in [-0.3, -0.25) is 9.00 Å². The maximum absolute atomic E-state index is 11.8. The summed E-state index contributed by atoms with van der Waals surface area (Å²) < 4.78 is 11.0. The third kappa shape index (κ3) is 6.17. The molecule has 0 aromatic heterocycles. The summed E-state index contributed by atoms with van der Waals surface area (Å²) >= 11 is 4.86. The van der Waals surface area contributed by atoms with E-state index in [2.05, 4.69) is 5.32 Å². The highest BCUT2D eigenvalue weighted by Crippen LogP contribution is 2.07. The zero-order chi connectivity index (χ0) is 12.7. The Morgan fingerprint density at radius 3 is 2.50 bits per heavy atom. The Labute approximate surface area is 105 Å². The molecule has 0 aliphatic heterocycles. The molecule has 3 unspecified atom stereocenters. The molecule has 0 aromatic rings. The first-order valence-electron chi connectivity index (χ1n) is 5.28. The monoisotopic (exact) mass is 264 g/mol. The number of rotatable bonds is 7. The first-order valence-corrected chi connectivity index (χ1v) is 7.41. The van der Waals surface area contributed by atoms with E-state index in [0.717, 1.165) is 6.42 Å². The summed E-state index contributed by atoms with van der Waals surface area (Å²) in [5, 5.41) is 2.78. The van der Waals surface area contributed by atoms with Crippen molar-refractivity contribution in [3.8, 4) is 0 Å². The highest BCUT2D eigenvalue weighted by molar-refractivity contribution is 7.84. The van der Waals surface area contributed by atoms with Gasteiger partial charge in [0, 0.05) is 28.9 Å². The molecule has 3 N–H and O–H groups in total. The second kappa shape index (κ2) is 7.73. The van der Waals surface area contributed by atoms with Crippen LogP contribution in [0.4, 0.5) is 0 Å². The van der Waals surface area contributed by atoms with Gasteiger partial charge in [0.15, 0.2) is 0 Å². The Bertz CT molecular complexity index is 282. The van der Waals surface area contributed by atoms with Gasteiger partial charge < -0.3 is 11.1 Å². The summed E-state index contributed by atoms with van der Waals surface area (Å²) in [5.41, 5.74) is 5.51. The third-order valence-electron chi connectivity index (χ3n) is 2.11. The van der Waals surface area contributed by atoms with E-state index in [4.69, 9.17) is 18.0 Å². The SMILES string of the molecule is CCCC(C(=O)NC(C)CS(C)=O)C(N)=S. The predicted octanol–water partition coefficient (Wildman–Crippen LogP) is 0.572. The molecule has 0 radical (unpaired) electrons. The molecule has 16 heavy (non-hydrogen) atoms. The molecule has 0 aliphatic carbocycles. The molecule has 0 saturated carbocycles. The fourth-order valence-electron chi connectivity index (χ4n) is 1.43. The molecule has 6 heteroatoms. The van der Waals surface area contributed by atoms with E-state index in [1.807, 2.05) is 13.8 Å². The third-order valence-corrected chi connectivity index (χ3v) is 3.36. The summed E-state index contributed by atoms with van der Waals surface area (Å²) in [6, 6.07) is -0.118. The van der Waals surface area contributed by atoms with Crippen molar-refractivity contribution in [1.29, 1.82) is 0 Å². The second-order valence-corrected chi connectivity index (χ2v) is 5.84. The van der Waals surface area contributed by atoms with Gasteiger partial charge >= 0.3 is 0 Å². The van der Waals surface area contributed by atoms with Crippen molar-refractivity contribution in [2.45, 2.75) is 32.7 Å². The highest BCUT2D eigenvalue weighted by Gasteiger charge is 2.21. The largest absolute Gasteiger partial charge is 0.393 e. The molecule has 0 aromatic carbocycles. The molecule has 94 valence electrons. The second-order valence-electron chi connectivity index (χ2n) is 3.89. The van der Waals surface area contributed by atoms with E-state index in [1.54, 1.807) is 6.26 Å². The van der Waals surface area contributed by atoms with E-state index in [-0.39, 0.29) is 16.9 Å². The number of thiocarbonyl (C=S) groups is 1. The summed E-state index contributed by atoms with van der Waals surface area (Å²) in [6.07, 6.45) is 3.12. The topological polar surface area (TPSA) is 72.2 Å². The Balaban J connectivity index is 4.29. The van der Waals surface area contributed by atoms with Crippen LogP contribution in [0.5, 0.6) is 0 Å². The van der Waals surface area contributed by atoms with Crippen molar-refractivity contribution in [1.82, 2.24) is 5.32 Å². The number of amides is 1. The van der Waals surface area contributed by atoms with Gasteiger partial charge in [0.25, 0.3) is 0 Å². The lowest BCUT2D eigenvalue weighted by atomic mass is 10.0. The Morgan fingerprint density at radius 2 is 2.12 bits per heavy atom. The van der Waals surface area contributed by atoms with Crippen LogP contribution >= 0.6 is 12.2 Å². The molecule has 0 spiro atoms. The highest BCUT2D eigenvalue weighted by atomic mass is 32.2. The van der Waals surface area contributed by atoms with Gasteiger partial charge in [0.1, 0.15) is 0 Å². The molecule has 0 fully saturated rings. The van der Waals surface area contributed by atoms with Crippen molar-refractivity contribution in [2.24, 2.45) is 11.7 Å². The quantitative estimate of drug-likeness (QED) is 0.660. The lowest BCUT2D eigenvalue weighted by Gasteiger charge is -2.18. The number of carbonyl (C=O) groups is 1. The van der Waals surface area contributed by atoms with Crippen LogP contribution in [0.2, 0.25) is 0 Å². The van der Waals surface area contributed by atoms with E-state index < -0.39 is 16.7 Å². The van der Waals surface area contributed by atoms with Crippen LogP contribution in [-0.2, 0) is 15.6 Å². The van der Waals surface area contributed by atoms with Gasteiger partial charge in [-0.1, -0.05) is 25.6 Å². The smallest absolute Gasteiger partial charge is 0.230 e. The summed E-state index contributed by atoms with van der Waals surface area (Å²) in [6.45, 7) is 3.80. The van der Waals surface area contributed by atoms with E-state index in [9.17, 15) is 9.00 Å². The van der Waals surface area contributed by atoms with Crippen molar-refractivity contribution >= 4 is 33.9 Å². The standard InChI is InChI=1S/C10H20N2O2S2/c1-4-5-8(9(11)15)10(13)12-7(2)6-16(3)14/h7-8H,4-6H2,1-3H3,(H2,11,15)(H,12,13). The van der Waals surface area contributed by atoms with Gasteiger partial charge in [-0.25, -0.2) is 0 Å². The number of hydrogen-bond acceptors (Lipinski definition) is 3. The fourth-order valence-corrected chi connectivity index (χ4v) is 2.44. The zero-order valence-electron chi connectivity index (χ0n) is 9.99. The number of nitrogens with one attached hydrogen (secondary N) is 1. The normalized spacial score (nSPS) is 16.2. The Kier molecular flexibility index (Phi) is 7.49. The van der Waals surface area contributed by atoms with Crippen LogP contribution in [0.3, 0.4) is 0 Å². The molecule has 0 saturated heterocycles. The Hall–Kier alpha value is -0.490. The minimum absolute atomic E-state index is 0.118. The lowest BCUT2D eigenvalue weighted by molar-refractivity contribution is -0.123. The number of nitrogens with two attached hydrogens (primary N) is 1. The zero-order valence-corrected chi connectivity index (χ0v) is 11.6. The Morgan fingerprint density at radius 1 is 1.56 bits per heavy atom. The molecule has 0 heterocycles. The van der Waals surface area contributed by atoms with Crippen molar-refractivity contribution in [3.63, 3.8) is 0 Å². The van der Waals surface area contributed by atoms with Crippen LogP contribution in [-0.4, -0.2) is 33.2 Å². The minimum atomic E-state index is -0.919. The van der Waals surface area contributed by atoms with Crippen LogP contribution in [0.1, 0.15) is 26.7 Å². The first-order chi connectivity index (χ1) is 7.38. The minimum Gasteiger partial charge on any atom is -0.393 e. The van der Waals surface area contributed by atoms with E-state index >= 15 is 0 Å². The summed E-state index contributed by atoms with van der Waals surface area (Å²) in [7, 11) is -0.919. The molecule has 0 aliphatic rings. The lowest BCUT2D eigenvalue weighted by Crippen LogP contribution is -2.43. The molecular weight excluding hydrogens is 244 g/mol. The maximum atomic E-state index is 11.8. The maximum Gasteiger partial charge on any atom is 0.230 e. The predicted molar refractivity (Wildman–Crippen MR) is 71.7 cm³/mol. The summed E-state index contributed by atoms with van der Waals surface area (Å²) in [5.74, 6) is -0.123. The van der Waals surface area contributed by atoms with Crippen LogP contribution in [0, 0.1) is 5.92 Å². The summed E-state index contributed by atoms with van der Waals surface area (Å²) in [4.78, 5) is 12.0. The van der Waals surface area contributed by atoms with Crippen LogP contribution in [0.15, 0.2) is 0 Å². The van der Waals surface area contributed by atoms with Crippen LogP contribution < -0.4 is 11.1 Å². The van der Waals surface area contributed by atoms with Gasteiger partial charge in [0.2, 0.25) is 5.91 Å². The van der Waals surface area contributed by atoms with E-state index in [0.29, 0.717) is 12.2 Å². The van der Waals surface area contributed by atoms with Crippen molar-refractivity contribution < 1.29 is 9.00 Å². The molecule has 3 atom stereocenters. The fraction of sp³-hybridized carbons (Fsp3) is 0.800. The van der Waals surface area contributed by atoms with Gasteiger partial charge in [-0.05, 0) is 13.3 Å². The van der Waals surface area contributed by atoms with Crippen molar-refractivity contribution in [3.05, 3.63) is 0 Å². The molecule has 1 amide bonds. The first kappa shape index (κ1) is 15.5.